The highest BCUT2D eigenvalue weighted by atomic mass is 35.5. The fourth-order valence-corrected chi connectivity index (χ4v) is 5.26. The lowest BCUT2D eigenvalue weighted by atomic mass is 9.82. The number of aliphatic hydroxyl groups is 1. The average molecular weight is 549 g/mol. The number of thioether (sulfide) groups is 1. The van der Waals surface area contributed by atoms with Gasteiger partial charge in [0.25, 0.3) is 0 Å². The van der Waals surface area contributed by atoms with Gasteiger partial charge in [-0.1, -0.05) is 55.5 Å². The number of methoxy groups -OCH3 is 1. The monoisotopic (exact) mass is 547 g/mol. The molecule has 2 unspecified atom stereocenters. The lowest BCUT2D eigenvalue weighted by Gasteiger charge is -2.25. The van der Waals surface area contributed by atoms with E-state index in [1.54, 1.807) is 0 Å². The van der Waals surface area contributed by atoms with E-state index in [4.69, 9.17) is 37.9 Å². The molecule has 35 heavy (non-hydrogen) atoms. The predicted octanol–water partition coefficient (Wildman–Crippen LogP) is 7.20. The lowest BCUT2D eigenvalue weighted by Crippen LogP contribution is -2.26. The minimum atomic E-state index is -1.16. The largest absolute Gasteiger partial charge is 0.511 e. The number of carboxylic acid groups (broad SMARTS) is 1. The van der Waals surface area contributed by atoms with Gasteiger partial charge in [-0.15, -0.1) is 0 Å². The van der Waals surface area contributed by atoms with Crippen LogP contribution in [0.3, 0.4) is 0 Å². The number of aliphatic hydroxyl groups excluding tert-OH is 1. The first-order chi connectivity index (χ1) is 16.6. The minimum absolute atomic E-state index is 0.00866. The van der Waals surface area contributed by atoms with Crippen molar-refractivity contribution in [3.8, 4) is 5.75 Å². The number of carbonyl (C=O) groups excluding carboxylic acids is 1. The second-order valence-corrected chi connectivity index (χ2v) is 10.5. The van der Waals surface area contributed by atoms with Gasteiger partial charge in [-0.05, 0) is 43.6 Å². The zero-order valence-electron chi connectivity index (χ0n) is 20.9. The van der Waals surface area contributed by atoms with E-state index in [1.165, 1.54) is 19.2 Å². The Labute approximate surface area is 221 Å². The summed E-state index contributed by atoms with van der Waals surface area (Å²) in [6.07, 6.45) is 3.56. The maximum absolute atomic E-state index is 12.5. The van der Waals surface area contributed by atoms with Gasteiger partial charge in [0.15, 0.2) is 11.5 Å². The molecule has 0 radical (unpaired) electrons. The molecule has 7 nitrogen and oxygen atoms in total. The zero-order valence-corrected chi connectivity index (χ0v) is 23.2. The van der Waals surface area contributed by atoms with Gasteiger partial charge in [-0.3, -0.25) is 4.79 Å². The Morgan fingerprint density at radius 1 is 1.23 bits per heavy atom. The molecule has 0 saturated carbocycles. The third-order valence-electron chi connectivity index (χ3n) is 5.20. The quantitative estimate of drug-likeness (QED) is 0.222. The number of ether oxygens (including phenoxy) is 1. The van der Waals surface area contributed by atoms with E-state index in [1.807, 2.05) is 25.6 Å². The first kappa shape index (κ1) is 31.1. The Morgan fingerprint density at radius 3 is 2.37 bits per heavy atom. The Hall–Kier alpha value is -1.90. The summed E-state index contributed by atoms with van der Waals surface area (Å²) >= 11 is 13.3. The zero-order chi connectivity index (χ0) is 26.5. The van der Waals surface area contributed by atoms with Gasteiger partial charge in [0.1, 0.15) is 17.9 Å². The van der Waals surface area contributed by atoms with Gasteiger partial charge in [0.2, 0.25) is 0 Å². The van der Waals surface area contributed by atoms with Crippen LogP contribution in [0.2, 0.25) is 10.0 Å². The van der Waals surface area contributed by atoms with Crippen LogP contribution in [-0.2, 0) is 9.63 Å². The number of rotatable bonds is 11. The molecule has 1 aromatic carbocycles. The van der Waals surface area contributed by atoms with Crippen LogP contribution >= 0.6 is 35.0 Å². The summed E-state index contributed by atoms with van der Waals surface area (Å²) in [5.74, 6) is 0.443. The van der Waals surface area contributed by atoms with E-state index in [0.717, 1.165) is 18.6 Å². The molecule has 196 valence electrons. The van der Waals surface area contributed by atoms with Crippen molar-refractivity contribution in [3.63, 3.8) is 0 Å². The number of carbonyl (C=O) groups is 2. The molecule has 0 amide bonds. The van der Waals surface area contributed by atoms with Gasteiger partial charge in [0.05, 0.1) is 28.4 Å². The van der Waals surface area contributed by atoms with Gasteiger partial charge in [-0.2, -0.15) is 11.8 Å². The van der Waals surface area contributed by atoms with Gasteiger partial charge < -0.3 is 19.8 Å². The summed E-state index contributed by atoms with van der Waals surface area (Å²) in [4.78, 5) is 28.3. The molecule has 2 atom stereocenters. The van der Waals surface area contributed by atoms with Crippen molar-refractivity contribution < 1.29 is 29.4 Å². The number of benzene rings is 1. The fraction of sp³-hybridized carbons (Fsp3) is 0.560. The van der Waals surface area contributed by atoms with Gasteiger partial charge in [-0.25, -0.2) is 4.79 Å². The molecule has 1 aliphatic carbocycles. The number of allylic oxidation sites excluding steroid dienone is 2. The molecular formula is C25H35Cl2NO6S. The van der Waals surface area contributed by atoms with E-state index in [0.29, 0.717) is 42.4 Å². The van der Waals surface area contributed by atoms with Gasteiger partial charge >= 0.3 is 5.97 Å². The van der Waals surface area contributed by atoms with Crippen LogP contribution in [0.1, 0.15) is 70.2 Å². The maximum atomic E-state index is 12.5. The van der Waals surface area contributed by atoms with Crippen LogP contribution in [0.5, 0.6) is 5.75 Å². The molecule has 1 aliphatic rings. The van der Waals surface area contributed by atoms with Crippen LogP contribution in [0.25, 0.3) is 0 Å². The first-order valence-corrected chi connectivity index (χ1v) is 13.4. The van der Waals surface area contributed by atoms with Crippen LogP contribution < -0.4 is 4.74 Å². The second kappa shape index (κ2) is 16.0. The summed E-state index contributed by atoms with van der Waals surface area (Å²) < 4.78 is 4.82. The van der Waals surface area contributed by atoms with Crippen molar-refractivity contribution >= 4 is 52.4 Å². The number of hydrogen-bond donors (Lipinski definition) is 2. The Morgan fingerprint density at radius 2 is 1.89 bits per heavy atom. The van der Waals surface area contributed by atoms with Crippen molar-refractivity contribution in [3.05, 3.63) is 39.1 Å². The Bertz CT molecular complexity index is 935. The summed E-state index contributed by atoms with van der Waals surface area (Å²) in [5, 5.41) is 24.0. The van der Waals surface area contributed by atoms with E-state index in [2.05, 4.69) is 19.0 Å². The highest BCUT2D eigenvalue weighted by Gasteiger charge is 2.31. The van der Waals surface area contributed by atoms with Crippen LogP contribution in [0, 0.1) is 5.92 Å². The number of Topliss-reactive ketones (excluding diaryl/α,β-unsaturated/α-hetero) is 1. The van der Waals surface area contributed by atoms with E-state index in [9.17, 15) is 14.7 Å². The van der Waals surface area contributed by atoms with Crippen molar-refractivity contribution in [2.45, 2.75) is 65.0 Å². The molecule has 0 fully saturated rings. The Kier molecular flexibility index (Phi) is 14.2. The summed E-state index contributed by atoms with van der Waals surface area (Å²) in [7, 11) is 1.34. The van der Waals surface area contributed by atoms with Crippen molar-refractivity contribution in [1.82, 2.24) is 0 Å². The standard InChI is InChI=1S/C17H29NO3S.C8H6Cl2O3/c1-5-8-14(18-21-6-2)17-15(19)10-13(11-16(17)20)9-12(4)22-7-3;1-13-7-5(10)3-2-4(9)6(7)8(11)12/h12-13,19H,5-11H2,1-4H3;2-3H,1H3,(H,11,12). The van der Waals surface area contributed by atoms with Crippen LogP contribution in [0.4, 0.5) is 0 Å². The molecule has 0 bridgehead atoms. The number of halogens is 2. The number of carboxylic acids is 1. The minimum Gasteiger partial charge on any atom is -0.511 e. The van der Waals surface area contributed by atoms with Crippen LogP contribution in [0.15, 0.2) is 28.6 Å². The third kappa shape index (κ3) is 9.58. The molecule has 2 N–H and O–H groups in total. The summed E-state index contributed by atoms with van der Waals surface area (Å²) in [6.45, 7) is 8.67. The molecular weight excluding hydrogens is 513 g/mol. The average Bonchev–Trinajstić information content (AvgIpc) is 2.78. The molecule has 10 heteroatoms. The summed E-state index contributed by atoms with van der Waals surface area (Å²) in [5.41, 5.74) is 0.889. The third-order valence-corrected chi connectivity index (χ3v) is 6.90. The maximum Gasteiger partial charge on any atom is 0.341 e. The van der Waals surface area contributed by atoms with Crippen molar-refractivity contribution in [2.75, 3.05) is 19.5 Å². The molecule has 1 aromatic rings. The van der Waals surface area contributed by atoms with Crippen molar-refractivity contribution in [1.29, 1.82) is 0 Å². The van der Waals surface area contributed by atoms with Crippen molar-refractivity contribution in [2.24, 2.45) is 11.1 Å². The summed E-state index contributed by atoms with van der Waals surface area (Å²) in [6, 6.07) is 2.89. The highest BCUT2D eigenvalue weighted by Crippen LogP contribution is 2.34. The molecule has 0 spiro atoms. The topological polar surface area (TPSA) is 105 Å². The van der Waals surface area contributed by atoms with Gasteiger partial charge in [0, 0.05) is 18.1 Å². The number of nitrogens with zero attached hydrogens (tertiary/aromatic N) is 1. The molecule has 0 saturated heterocycles. The molecule has 0 aliphatic heterocycles. The predicted molar refractivity (Wildman–Crippen MR) is 144 cm³/mol. The van der Waals surface area contributed by atoms with E-state index >= 15 is 0 Å². The molecule has 2 rings (SSSR count). The molecule has 0 aromatic heterocycles. The first-order valence-electron chi connectivity index (χ1n) is 11.6. The fourth-order valence-electron chi connectivity index (χ4n) is 3.82. The SMILES string of the molecule is CCCC(=NOCC)C1=C(O)CC(CC(C)SCC)CC1=O.COc1c(Cl)ccc(Cl)c1C(=O)O. The lowest BCUT2D eigenvalue weighted by molar-refractivity contribution is -0.116. The number of oxime groups is 1. The van der Waals surface area contributed by atoms with E-state index in [-0.39, 0.29) is 38.8 Å². The molecule has 0 heterocycles. The highest BCUT2D eigenvalue weighted by molar-refractivity contribution is 7.99. The number of aromatic carboxylic acids is 1. The smallest absolute Gasteiger partial charge is 0.341 e. The number of hydrogen-bond acceptors (Lipinski definition) is 7. The second-order valence-electron chi connectivity index (χ2n) is 7.97. The Balaban J connectivity index is 0.000000400. The van der Waals surface area contributed by atoms with E-state index < -0.39 is 5.97 Å². The van der Waals surface area contributed by atoms with Crippen LogP contribution in [-0.4, -0.2) is 52.4 Å². The number of ketones is 1. The normalized spacial score (nSPS) is 16.9.